The van der Waals surface area contributed by atoms with Gasteiger partial charge >= 0.3 is 5.97 Å². The van der Waals surface area contributed by atoms with Crippen molar-refractivity contribution in [3.05, 3.63) is 65.7 Å². The fourth-order valence-corrected chi connectivity index (χ4v) is 5.22. The molecule has 2 aromatic rings. The molecule has 0 saturated carbocycles. The first-order chi connectivity index (χ1) is 16.9. The number of esters is 1. The molecule has 0 aliphatic carbocycles. The van der Waals surface area contributed by atoms with Gasteiger partial charge in [-0.15, -0.1) is 0 Å². The van der Waals surface area contributed by atoms with Gasteiger partial charge in [0.15, 0.2) is 6.61 Å². The summed E-state index contributed by atoms with van der Waals surface area (Å²) in [7, 11) is 1.50. The first-order valence-corrected chi connectivity index (χ1v) is 11.8. The second kappa shape index (κ2) is 9.14. The van der Waals surface area contributed by atoms with Crippen LogP contribution in [-0.4, -0.2) is 83.9 Å². The normalized spacial score (nSPS) is 22.1. The SMILES string of the molecule is CN1C(=O)c2ccccc2N2C(=O)CCC12C(=O)OCC(=O)N1CCN(Cc2ccccc2)CC1. The molecule has 0 spiro atoms. The predicted molar refractivity (Wildman–Crippen MR) is 127 cm³/mol. The summed E-state index contributed by atoms with van der Waals surface area (Å²) in [5.74, 6) is -1.65. The van der Waals surface area contributed by atoms with Crippen LogP contribution >= 0.6 is 0 Å². The van der Waals surface area contributed by atoms with E-state index in [-0.39, 0.29) is 30.6 Å². The molecule has 9 nitrogen and oxygen atoms in total. The first kappa shape index (κ1) is 23.0. The Morgan fingerprint density at radius 3 is 2.37 bits per heavy atom. The smallest absolute Gasteiger partial charge is 0.354 e. The molecule has 3 amide bonds. The lowest BCUT2D eigenvalue weighted by molar-refractivity contribution is -0.162. The maximum absolute atomic E-state index is 13.4. The van der Waals surface area contributed by atoms with Crippen molar-refractivity contribution in [1.29, 1.82) is 0 Å². The number of carbonyl (C=O) groups excluding carboxylic acids is 4. The summed E-state index contributed by atoms with van der Waals surface area (Å²) in [5.41, 5.74) is 0.412. The molecule has 1 unspecified atom stereocenters. The van der Waals surface area contributed by atoms with E-state index in [1.54, 1.807) is 29.2 Å². The van der Waals surface area contributed by atoms with Crippen molar-refractivity contribution in [2.24, 2.45) is 0 Å². The summed E-state index contributed by atoms with van der Waals surface area (Å²) >= 11 is 0. The van der Waals surface area contributed by atoms with Gasteiger partial charge in [-0.25, -0.2) is 4.79 Å². The van der Waals surface area contributed by atoms with Crippen LogP contribution in [-0.2, 0) is 25.7 Å². The van der Waals surface area contributed by atoms with E-state index in [0.29, 0.717) is 24.3 Å². The highest BCUT2D eigenvalue weighted by Crippen LogP contribution is 2.44. The van der Waals surface area contributed by atoms with Gasteiger partial charge in [-0.05, 0) is 17.7 Å². The Labute approximate surface area is 203 Å². The lowest BCUT2D eigenvalue weighted by atomic mass is 9.97. The van der Waals surface area contributed by atoms with Crippen LogP contribution in [0.25, 0.3) is 0 Å². The van der Waals surface area contributed by atoms with Gasteiger partial charge in [0.1, 0.15) is 0 Å². The first-order valence-electron chi connectivity index (χ1n) is 11.8. The number of nitrogens with zero attached hydrogens (tertiary/aromatic N) is 4. The number of fused-ring (bicyclic) bond motifs is 3. The van der Waals surface area contributed by atoms with E-state index in [1.807, 2.05) is 18.2 Å². The number of benzene rings is 2. The Kier molecular flexibility index (Phi) is 6.02. The Hall–Kier alpha value is -3.72. The highest BCUT2D eigenvalue weighted by atomic mass is 16.5. The van der Waals surface area contributed by atoms with Crippen molar-refractivity contribution < 1.29 is 23.9 Å². The maximum atomic E-state index is 13.4. The van der Waals surface area contributed by atoms with Crippen LogP contribution in [0.1, 0.15) is 28.8 Å². The zero-order valence-electron chi connectivity index (χ0n) is 19.7. The van der Waals surface area contributed by atoms with Crippen molar-refractivity contribution in [2.45, 2.75) is 25.0 Å². The quantitative estimate of drug-likeness (QED) is 0.608. The zero-order chi connectivity index (χ0) is 24.6. The van der Waals surface area contributed by atoms with E-state index < -0.39 is 18.2 Å². The number of hydrogen-bond donors (Lipinski definition) is 0. The van der Waals surface area contributed by atoms with Crippen LogP contribution in [0.5, 0.6) is 0 Å². The van der Waals surface area contributed by atoms with E-state index in [9.17, 15) is 19.2 Å². The van der Waals surface area contributed by atoms with Gasteiger partial charge in [-0.3, -0.25) is 24.2 Å². The molecule has 2 fully saturated rings. The second-order valence-electron chi connectivity index (χ2n) is 9.15. The highest BCUT2D eigenvalue weighted by molar-refractivity contribution is 6.15. The van der Waals surface area contributed by atoms with Gasteiger partial charge in [0.25, 0.3) is 11.8 Å². The summed E-state index contributed by atoms with van der Waals surface area (Å²) in [6.45, 7) is 2.95. The number of para-hydroxylation sites is 1. The number of anilines is 1. The molecule has 2 saturated heterocycles. The van der Waals surface area contributed by atoms with Crippen molar-refractivity contribution in [2.75, 3.05) is 44.7 Å². The third-order valence-corrected chi connectivity index (χ3v) is 7.17. The molecule has 0 radical (unpaired) electrons. The minimum atomic E-state index is -1.57. The van der Waals surface area contributed by atoms with E-state index in [0.717, 1.165) is 19.6 Å². The molecule has 5 rings (SSSR count). The maximum Gasteiger partial charge on any atom is 0.354 e. The predicted octanol–water partition coefficient (Wildman–Crippen LogP) is 1.48. The molecule has 3 aliphatic heterocycles. The Balaban J connectivity index is 1.23. The van der Waals surface area contributed by atoms with Crippen molar-refractivity contribution in [3.63, 3.8) is 0 Å². The van der Waals surface area contributed by atoms with Crippen molar-refractivity contribution >= 4 is 29.4 Å². The average molecular weight is 477 g/mol. The van der Waals surface area contributed by atoms with E-state index in [4.69, 9.17) is 4.74 Å². The van der Waals surface area contributed by atoms with Crippen molar-refractivity contribution in [1.82, 2.24) is 14.7 Å². The number of rotatable bonds is 5. The van der Waals surface area contributed by atoms with Crippen LogP contribution in [0.4, 0.5) is 5.69 Å². The fraction of sp³-hybridized carbons (Fsp3) is 0.385. The minimum absolute atomic E-state index is 0.109. The molecule has 1 atom stereocenters. The molecule has 9 heteroatoms. The molecular formula is C26H28N4O5. The fourth-order valence-electron chi connectivity index (χ4n) is 5.22. The van der Waals surface area contributed by atoms with Crippen LogP contribution in [0.3, 0.4) is 0 Å². The number of amides is 3. The largest absolute Gasteiger partial charge is 0.452 e. The van der Waals surface area contributed by atoms with Crippen LogP contribution in [0.15, 0.2) is 54.6 Å². The molecule has 3 heterocycles. The molecule has 0 aromatic heterocycles. The zero-order valence-corrected chi connectivity index (χ0v) is 19.7. The molecule has 182 valence electrons. The van der Waals surface area contributed by atoms with Gasteiger partial charge < -0.3 is 14.5 Å². The van der Waals surface area contributed by atoms with Crippen LogP contribution < -0.4 is 4.90 Å². The monoisotopic (exact) mass is 476 g/mol. The van der Waals surface area contributed by atoms with Gasteiger partial charge in [-0.2, -0.15) is 0 Å². The standard InChI is InChI=1S/C26H28N4O5/c1-27-24(33)20-9-5-6-10-21(20)30-22(31)11-12-26(27,30)25(34)35-18-23(32)29-15-13-28(14-16-29)17-19-7-3-2-4-8-19/h2-10H,11-18H2,1H3. The number of ether oxygens (including phenoxy) is 1. The number of piperazine rings is 1. The minimum Gasteiger partial charge on any atom is -0.452 e. The topological polar surface area (TPSA) is 90.5 Å². The Bertz CT molecular complexity index is 1160. The van der Waals surface area contributed by atoms with E-state index >= 15 is 0 Å². The van der Waals surface area contributed by atoms with Gasteiger partial charge in [0, 0.05) is 52.6 Å². The summed E-state index contributed by atoms with van der Waals surface area (Å²) in [5, 5.41) is 0. The molecule has 0 N–H and O–H groups in total. The van der Waals surface area contributed by atoms with Gasteiger partial charge in [0.2, 0.25) is 11.6 Å². The number of hydrogen-bond acceptors (Lipinski definition) is 6. The molecule has 3 aliphatic rings. The number of carbonyl (C=O) groups is 4. The summed E-state index contributed by atoms with van der Waals surface area (Å²) < 4.78 is 5.47. The van der Waals surface area contributed by atoms with Gasteiger partial charge in [-0.1, -0.05) is 42.5 Å². The molecule has 35 heavy (non-hydrogen) atoms. The highest BCUT2D eigenvalue weighted by Gasteiger charge is 2.60. The average Bonchev–Trinajstić information content (AvgIpc) is 3.25. The Morgan fingerprint density at radius 2 is 1.63 bits per heavy atom. The summed E-state index contributed by atoms with van der Waals surface area (Å²) in [6, 6.07) is 16.9. The molecule has 0 bridgehead atoms. The lowest BCUT2D eigenvalue weighted by Crippen LogP contribution is -2.67. The second-order valence-corrected chi connectivity index (χ2v) is 9.15. The molecular weight excluding hydrogens is 448 g/mol. The van der Waals surface area contributed by atoms with Gasteiger partial charge in [0.05, 0.1) is 11.3 Å². The summed E-state index contributed by atoms with van der Waals surface area (Å²) in [4.78, 5) is 58.6. The molecule has 2 aromatic carbocycles. The van der Waals surface area contributed by atoms with Crippen LogP contribution in [0, 0.1) is 0 Å². The summed E-state index contributed by atoms with van der Waals surface area (Å²) in [6.07, 6.45) is 0.228. The number of likely N-dealkylation sites (N-methyl/N-ethyl adjacent to an activating group) is 1. The third-order valence-electron chi connectivity index (χ3n) is 7.17. The van der Waals surface area contributed by atoms with Crippen molar-refractivity contribution in [3.8, 4) is 0 Å². The van der Waals surface area contributed by atoms with Crippen LogP contribution in [0.2, 0.25) is 0 Å². The van der Waals surface area contributed by atoms with E-state index in [1.165, 1.54) is 22.4 Å². The van der Waals surface area contributed by atoms with E-state index in [2.05, 4.69) is 17.0 Å². The third kappa shape index (κ3) is 3.95. The Morgan fingerprint density at radius 1 is 0.943 bits per heavy atom. The lowest BCUT2D eigenvalue weighted by Gasteiger charge is -2.46.